The van der Waals surface area contributed by atoms with E-state index in [0.717, 1.165) is 128 Å². The van der Waals surface area contributed by atoms with Crippen molar-refractivity contribution in [3.05, 3.63) is 123 Å². The molecule has 0 radical (unpaired) electrons. The SMILES string of the molecule is CCCCCCCCCCCCOc1cc(OC)c(C(=O)Nc2ccccc2OC)cc1NC(=O)c1cc(NC(=O)c2cc(NC(=O)c3cc(NC(=O)c4cc([N+](=O)[O-])c(OCCCCCCCCCCCC)cc4OC)c(OCCCCCCCCCCCC)cc3OC)c(OCCCCCCCCCCCC)cc2OC)c(OCCCCCCCCCCCC)cc1OC. The van der Waals surface area contributed by atoms with E-state index in [-0.39, 0.29) is 134 Å². The fraction of sp³-hybridized carbons (Fsp3) is 0.617. The fourth-order valence-electron chi connectivity index (χ4n) is 16.2. The molecule has 6 aromatic rings. The van der Waals surface area contributed by atoms with E-state index < -0.39 is 40.1 Å². The molecule has 728 valence electrons. The molecule has 0 bridgehead atoms. The molecule has 0 spiro atoms. The first-order valence-corrected chi connectivity index (χ1v) is 50.1. The Bertz CT molecular complexity index is 4290. The van der Waals surface area contributed by atoms with Gasteiger partial charge in [0, 0.05) is 36.4 Å². The molecule has 24 heteroatoms. The van der Waals surface area contributed by atoms with Gasteiger partial charge in [-0.1, -0.05) is 336 Å². The number of hydrogen-bond donors (Lipinski definition) is 5. The molecule has 5 amide bonds. The second kappa shape index (κ2) is 67.1. The summed E-state index contributed by atoms with van der Waals surface area (Å²) in [6, 6.07) is 21.5. The summed E-state index contributed by atoms with van der Waals surface area (Å²) in [4.78, 5) is 88.3. The Morgan fingerprint density at radius 2 is 0.412 bits per heavy atom. The highest BCUT2D eigenvalue weighted by Gasteiger charge is 2.30. The minimum Gasteiger partial charge on any atom is -0.496 e. The molecule has 0 fully saturated rings. The molecule has 0 unspecified atom stereocenters. The molecule has 0 aromatic heterocycles. The van der Waals surface area contributed by atoms with Crippen LogP contribution in [0.5, 0.6) is 63.2 Å². The van der Waals surface area contributed by atoms with E-state index in [1.54, 1.807) is 42.5 Å². The van der Waals surface area contributed by atoms with Crippen LogP contribution in [0.3, 0.4) is 0 Å². The number of para-hydroxylation sites is 2. The lowest BCUT2D eigenvalue weighted by atomic mass is 10.1. The van der Waals surface area contributed by atoms with Gasteiger partial charge in [0.05, 0.1) is 137 Å². The minimum absolute atomic E-state index is 0.0176. The zero-order valence-electron chi connectivity index (χ0n) is 81.8. The lowest BCUT2D eigenvalue weighted by Gasteiger charge is -2.20. The third kappa shape index (κ3) is 40.9. The highest BCUT2D eigenvalue weighted by atomic mass is 16.6. The van der Waals surface area contributed by atoms with E-state index in [1.165, 1.54) is 252 Å². The third-order valence-electron chi connectivity index (χ3n) is 24.0. The first-order chi connectivity index (χ1) is 64.0. The number of carbonyl (C=O) groups is 5. The predicted molar refractivity (Wildman–Crippen MR) is 531 cm³/mol. The van der Waals surface area contributed by atoms with Crippen LogP contribution in [0.25, 0.3) is 0 Å². The number of carbonyl (C=O) groups excluding carboxylic acids is 5. The molecule has 6 rings (SSSR count). The van der Waals surface area contributed by atoms with Crippen LogP contribution < -0.4 is 78.7 Å². The topological polar surface area (TPSA) is 290 Å². The normalized spacial score (nSPS) is 11.1. The highest BCUT2D eigenvalue weighted by molar-refractivity contribution is 6.14. The van der Waals surface area contributed by atoms with Crippen LogP contribution in [-0.2, 0) is 0 Å². The average Bonchev–Trinajstić information content (AvgIpc) is 0.790. The first kappa shape index (κ1) is 110. The van der Waals surface area contributed by atoms with Gasteiger partial charge in [-0.15, -0.1) is 0 Å². The van der Waals surface area contributed by atoms with Gasteiger partial charge in [0.15, 0.2) is 0 Å². The van der Waals surface area contributed by atoms with Crippen molar-refractivity contribution in [2.75, 3.05) is 102 Å². The van der Waals surface area contributed by atoms with Gasteiger partial charge >= 0.3 is 5.69 Å². The van der Waals surface area contributed by atoms with E-state index in [4.69, 9.17) is 52.1 Å². The van der Waals surface area contributed by atoms with Gasteiger partial charge < -0.3 is 78.7 Å². The van der Waals surface area contributed by atoms with Gasteiger partial charge in [-0.2, -0.15) is 0 Å². The number of hydrogen-bond acceptors (Lipinski definition) is 18. The van der Waals surface area contributed by atoms with Gasteiger partial charge in [0.1, 0.15) is 57.5 Å². The number of anilines is 5. The Balaban J connectivity index is 1.42. The Kier molecular flexibility index (Phi) is 56.2. The molecule has 0 heterocycles. The van der Waals surface area contributed by atoms with Crippen molar-refractivity contribution < 1.29 is 81.0 Å². The summed E-state index contributed by atoms with van der Waals surface area (Å²) in [6.45, 7) is 12.4. The molecule has 0 saturated carbocycles. The monoisotopic (exact) mass is 1820 g/mol. The van der Waals surface area contributed by atoms with Crippen LogP contribution in [-0.4, -0.2) is 110 Å². The number of nitrogens with one attached hydrogen (secondary N) is 5. The lowest BCUT2D eigenvalue weighted by Crippen LogP contribution is -2.20. The summed E-state index contributed by atoms with van der Waals surface area (Å²) in [7, 11) is 8.60. The maximum absolute atomic E-state index is 15.7. The number of benzene rings is 6. The Morgan fingerprint density at radius 3 is 0.626 bits per heavy atom. The standard InChI is InChI=1S/C107H162N6O18/c1-12-17-22-27-32-37-42-47-52-59-66-127-98-76-93(122-7)81(103(114)108-86-64-57-58-65-92(86)121-6)71-87(98)109-104(115)82-72-88(99(77-94(82)123-8)128-67-60-53-48-43-38-33-28-23-18-13-2)110-105(116)83-73-89(100(78-95(83)124-9)129-68-61-54-49-44-39-34-29-24-19-14-3)111-106(117)84-74-90(101(79-96(84)125-10)130-69-62-55-50-45-40-35-30-25-20-15-4)112-107(118)85-75-91(113(119)120)102(80-97(85)126-11)131-70-63-56-51-46-41-36-31-26-21-16-5/h57-58,64-65,71-80H,12-56,59-63,66-70H2,1-11H3,(H,108,114)(H,109,115)(H,110,116)(H,111,117)(H,112,118). The maximum Gasteiger partial charge on any atom is 0.312 e. The minimum atomic E-state index is -0.802. The summed E-state index contributed by atoms with van der Waals surface area (Å²) < 4.78 is 67.6. The van der Waals surface area contributed by atoms with Crippen molar-refractivity contribution in [2.24, 2.45) is 0 Å². The van der Waals surface area contributed by atoms with Crippen LogP contribution in [0.4, 0.5) is 34.1 Å². The molecule has 0 aliphatic rings. The lowest BCUT2D eigenvalue weighted by molar-refractivity contribution is -0.385. The van der Waals surface area contributed by atoms with Crippen LogP contribution in [0.2, 0.25) is 0 Å². The molecule has 0 aliphatic carbocycles. The van der Waals surface area contributed by atoms with E-state index in [0.29, 0.717) is 43.7 Å². The largest absolute Gasteiger partial charge is 0.496 e. The molecule has 6 aromatic carbocycles. The van der Waals surface area contributed by atoms with E-state index in [2.05, 4.69) is 61.2 Å². The zero-order valence-corrected chi connectivity index (χ0v) is 81.8. The molecule has 24 nitrogen and oxygen atoms in total. The predicted octanol–water partition coefficient (Wildman–Crippen LogP) is 29.4. The molecule has 0 saturated heterocycles. The number of nitro benzene ring substituents is 1. The zero-order chi connectivity index (χ0) is 94.3. The molecule has 0 aliphatic heterocycles. The molecule has 131 heavy (non-hydrogen) atoms. The Labute approximate surface area is 784 Å². The van der Waals surface area contributed by atoms with Gasteiger partial charge in [-0.3, -0.25) is 34.1 Å². The second-order valence-electron chi connectivity index (χ2n) is 34.6. The number of nitrogens with zero attached hydrogens (tertiary/aromatic N) is 1. The quantitative estimate of drug-likeness (QED) is 0.0135. The molecular formula is C107H162N6O18. The number of amides is 5. The van der Waals surface area contributed by atoms with E-state index in [9.17, 15) is 19.7 Å². The van der Waals surface area contributed by atoms with Crippen molar-refractivity contribution >= 4 is 63.7 Å². The Morgan fingerprint density at radius 1 is 0.229 bits per heavy atom. The maximum atomic E-state index is 15.7. The Hall–Kier alpha value is -10.1. The van der Waals surface area contributed by atoms with Crippen LogP contribution in [0.1, 0.15) is 407 Å². The molecular weight excluding hydrogens is 1660 g/mol. The number of rotatable bonds is 77. The van der Waals surface area contributed by atoms with Gasteiger partial charge in [0.2, 0.25) is 5.75 Å². The second-order valence-corrected chi connectivity index (χ2v) is 34.6. The van der Waals surface area contributed by atoms with Crippen LogP contribution in [0, 0.1) is 10.1 Å². The first-order valence-electron chi connectivity index (χ1n) is 50.1. The van der Waals surface area contributed by atoms with Gasteiger partial charge in [0.25, 0.3) is 29.5 Å². The van der Waals surface area contributed by atoms with Crippen molar-refractivity contribution in [2.45, 2.75) is 356 Å². The van der Waals surface area contributed by atoms with Crippen molar-refractivity contribution in [3.63, 3.8) is 0 Å². The van der Waals surface area contributed by atoms with Crippen LogP contribution in [0.15, 0.2) is 84.9 Å². The molecule has 0 atom stereocenters. The average molecular weight is 1820 g/mol. The van der Waals surface area contributed by atoms with Crippen LogP contribution >= 0.6 is 0 Å². The number of nitro groups is 1. The third-order valence-corrected chi connectivity index (χ3v) is 24.0. The fourth-order valence-corrected chi connectivity index (χ4v) is 16.2. The summed E-state index contributed by atoms with van der Waals surface area (Å²) in [5.74, 6) is -1.93. The highest BCUT2D eigenvalue weighted by Crippen LogP contribution is 2.43. The summed E-state index contributed by atoms with van der Waals surface area (Å²) >= 11 is 0. The van der Waals surface area contributed by atoms with Gasteiger partial charge in [-0.05, 0) is 68.5 Å². The summed E-state index contributed by atoms with van der Waals surface area (Å²) in [6.07, 6.45) is 55.0. The number of methoxy groups -OCH3 is 6. The van der Waals surface area contributed by atoms with Gasteiger partial charge in [-0.25, -0.2) is 0 Å². The number of ether oxygens (including phenoxy) is 11. The smallest absolute Gasteiger partial charge is 0.312 e. The number of unbranched alkanes of at least 4 members (excludes halogenated alkanes) is 45. The summed E-state index contributed by atoms with van der Waals surface area (Å²) in [5, 5.41) is 27.9. The molecule has 5 N–H and O–H groups in total. The van der Waals surface area contributed by atoms with Crippen molar-refractivity contribution in [3.8, 4) is 63.2 Å². The van der Waals surface area contributed by atoms with E-state index in [1.807, 2.05) is 0 Å². The van der Waals surface area contributed by atoms with Crippen molar-refractivity contribution in [1.82, 2.24) is 0 Å². The summed E-state index contributed by atoms with van der Waals surface area (Å²) in [5.41, 5.74) is 0.0492. The van der Waals surface area contributed by atoms with E-state index >= 15 is 14.4 Å². The van der Waals surface area contributed by atoms with Crippen molar-refractivity contribution in [1.29, 1.82) is 0 Å².